The third-order valence-electron chi connectivity index (χ3n) is 3.88. The van der Waals surface area contributed by atoms with Crippen LogP contribution >= 0.6 is 0 Å². The summed E-state index contributed by atoms with van der Waals surface area (Å²) in [5.41, 5.74) is 6.49. The van der Waals surface area contributed by atoms with Crippen LogP contribution in [0.5, 0.6) is 5.75 Å². The molecule has 4 nitrogen and oxygen atoms in total. The Bertz CT molecular complexity index is 468. The standard InChI is InChI=1S/C13H16N2O2/c1-15-9-4-2-3-5-10(9)17-11(12(15)16)13(8-14)6-7-13/h2-5,11H,6-8,14H2,1H3. The molecule has 0 spiro atoms. The van der Waals surface area contributed by atoms with E-state index in [1.54, 1.807) is 11.9 Å². The van der Waals surface area contributed by atoms with E-state index >= 15 is 0 Å². The molecule has 1 unspecified atom stereocenters. The number of anilines is 1. The van der Waals surface area contributed by atoms with Crippen LogP contribution < -0.4 is 15.4 Å². The van der Waals surface area contributed by atoms with Crippen molar-refractivity contribution < 1.29 is 9.53 Å². The molecule has 2 aliphatic rings. The second-order valence-corrected chi connectivity index (χ2v) is 4.93. The first-order valence-electron chi connectivity index (χ1n) is 5.91. The van der Waals surface area contributed by atoms with Gasteiger partial charge in [-0.1, -0.05) is 12.1 Å². The smallest absolute Gasteiger partial charge is 0.268 e. The highest BCUT2D eigenvalue weighted by molar-refractivity contribution is 6.00. The molecule has 0 radical (unpaired) electrons. The molecule has 17 heavy (non-hydrogen) atoms. The molecule has 1 atom stereocenters. The molecule has 1 aromatic carbocycles. The number of nitrogens with two attached hydrogens (primary N) is 1. The maximum absolute atomic E-state index is 12.3. The maximum atomic E-state index is 12.3. The molecule has 1 fully saturated rings. The van der Waals surface area contributed by atoms with Gasteiger partial charge in [-0.05, 0) is 25.0 Å². The molecular formula is C13H16N2O2. The fourth-order valence-corrected chi connectivity index (χ4v) is 2.43. The van der Waals surface area contributed by atoms with E-state index in [9.17, 15) is 4.79 Å². The molecule has 1 heterocycles. The second kappa shape index (κ2) is 3.47. The maximum Gasteiger partial charge on any atom is 0.268 e. The first-order chi connectivity index (χ1) is 8.18. The summed E-state index contributed by atoms with van der Waals surface area (Å²) < 4.78 is 5.86. The first-order valence-corrected chi connectivity index (χ1v) is 5.91. The Morgan fingerprint density at radius 1 is 1.47 bits per heavy atom. The molecular weight excluding hydrogens is 216 g/mol. The number of nitrogens with zero attached hydrogens (tertiary/aromatic N) is 1. The lowest BCUT2D eigenvalue weighted by Crippen LogP contribution is -2.50. The molecule has 1 saturated carbocycles. The van der Waals surface area contributed by atoms with Gasteiger partial charge in [0.2, 0.25) is 0 Å². The van der Waals surface area contributed by atoms with Crippen molar-refractivity contribution in [3.05, 3.63) is 24.3 Å². The van der Waals surface area contributed by atoms with Crippen molar-refractivity contribution in [2.45, 2.75) is 18.9 Å². The van der Waals surface area contributed by atoms with Crippen LogP contribution in [0.1, 0.15) is 12.8 Å². The topological polar surface area (TPSA) is 55.6 Å². The SMILES string of the molecule is CN1C(=O)C(C2(CN)CC2)Oc2ccccc21. The quantitative estimate of drug-likeness (QED) is 0.832. The Kier molecular flexibility index (Phi) is 2.16. The van der Waals surface area contributed by atoms with Crippen LogP contribution in [0.15, 0.2) is 24.3 Å². The monoisotopic (exact) mass is 232 g/mol. The van der Waals surface area contributed by atoms with Crippen molar-refractivity contribution >= 4 is 11.6 Å². The van der Waals surface area contributed by atoms with Crippen molar-refractivity contribution in [2.75, 3.05) is 18.5 Å². The number of para-hydroxylation sites is 2. The number of likely N-dealkylation sites (N-methyl/N-ethyl adjacent to an activating group) is 1. The van der Waals surface area contributed by atoms with Crippen LogP contribution in [0.3, 0.4) is 0 Å². The summed E-state index contributed by atoms with van der Waals surface area (Å²) in [6.07, 6.45) is 1.55. The zero-order valence-corrected chi connectivity index (χ0v) is 9.85. The van der Waals surface area contributed by atoms with E-state index in [0.717, 1.165) is 24.3 Å². The molecule has 90 valence electrons. The lowest BCUT2D eigenvalue weighted by atomic mass is 9.96. The summed E-state index contributed by atoms with van der Waals surface area (Å²) >= 11 is 0. The van der Waals surface area contributed by atoms with Gasteiger partial charge in [0.15, 0.2) is 6.10 Å². The van der Waals surface area contributed by atoms with E-state index in [-0.39, 0.29) is 11.3 Å². The molecule has 1 aliphatic carbocycles. The molecule has 0 bridgehead atoms. The highest BCUT2D eigenvalue weighted by Gasteiger charge is 2.55. The lowest BCUT2D eigenvalue weighted by Gasteiger charge is -2.35. The highest BCUT2D eigenvalue weighted by Crippen LogP contribution is 2.51. The Morgan fingerprint density at radius 3 is 2.82 bits per heavy atom. The van der Waals surface area contributed by atoms with Gasteiger partial charge in [-0.2, -0.15) is 0 Å². The Hall–Kier alpha value is -1.55. The van der Waals surface area contributed by atoms with Gasteiger partial charge in [-0.3, -0.25) is 4.79 Å². The second-order valence-electron chi connectivity index (χ2n) is 4.93. The summed E-state index contributed by atoms with van der Waals surface area (Å²) in [7, 11) is 1.79. The summed E-state index contributed by atoms with van der Waals surface area (Å²) in [4.78, 5) is 14.0. The summed E-state index contributed by atoms with van der Waals surface area (Å²) in [5, 5.41) is 0. The molecule has 1 aliphatic heterocycles. The minimum atomic E-state index is -0.410. The molecule has 3 rings (SSSR count). The van der Waals surface area contributed by atoms with E-state index in [1.165, 1.54) is 0 Å². The highest BCUT2D eigenvalue weighted by atomic mass is 16.5. The number of rotatable bonds is 2. The lowest BCUT2D eigenvalue weighted by molar-refractivity contribution is -0.129. The Balaban J connectivity index is 1.99. The van der Waals surface area contributed by atoms with E-state index in [1.807, 2.05) is 24.3 Å². The summed E-state index contributed by atoms with van der Waals surface area (Å²) in [5.74, 6) is 0.797. The van der Waals surface area contributed by atoms with Crippen LogP contribution in [-0.2, 0) is 4.79 Å². The normalized spacial score (nSPS) is 25.2. The number of hydrogen-bond acceptors (Lipinski definition) is 3. The van der Waals surface area contributed by atoms with Gasteiger partial charge in [0.1, 0.15) is 5.75 Å². The summed E-state index contributed by atoms with van der Waals surface area (Å²) in [6, 6.07) is 7.62. The first kappa shape index (κ1) is 10.6. The average Bonchev–Trinajstić information content (AvgIpc) is 3.15. The van der Waals surface area contributed by atoms with E-state index in [0.29, 0.717) is 6.54 Å². The van der Waals surface area contributed by atoms with Crippen LogP contribution in [0.25, 0.3) is 0 Å². The van der Waals surface area contributed by atoms with Gasteiger partial charge in [0.05, 0.1) is 5.69 Å². The molecule has 1 aromatic rings. The number of hydrogen-bond donors (Lipinski definition) is 1. The van der Waals surface area contributed by atoms with Crippen molar-refractivity contribution in [1.29, 1.82) is 0 Å². The molecule has 0 aromatic heterocycles. The third-order valence-corrected chi connectivity index (χ3v) is 3.88. The van der Waals surface area contributed by atoms with Gasteiger partial charge in [0, 0.05) is 19.0 Å². The van der Waals surface area contributed by atoms with Gasteiger partial charge >= 0.3 is 0 Å². The van der Waals surface area contributed by atoms with Gasteiger partial charge in [-0.15, -0.1) is 0 Å². The van der Waals surface area contributed by atoms with Crippen molar-refractivity contribution in [1.82, 2.24) is 0 Å². The van der Waals surface area contributed by atoms with Crippen LogP contribution in [-0.4, -0.2) is 25.6 Å². The molecule has 1 amide bonds. The average molecular weight is 232 g/mol. The number of fused-ring (bicyclic) bond motifs is 1. The van der Waals surface area contributed by atoms with Crippen molar-refractivity contribution in [3.63, 3.8) is 0 Å². The molecule has 2 N–H and O–H groups in total. The number of carbonyl (C=O) groups is 1. The number of benzene rings is 1. The molecule has 0 saturated heterocycles. The van der Waals surface area contributed by atoms with Crippen LogP contribution in [0, 0.1) is 5.41 Å². The molecule has 4 heteroatoms. The van der Waals surface area contributed by atoms with Crippen molar-refractivity contribution in [3.8, 4) is 5.75 Å². The third kappa shape index (κ3) is 1.44. The predicted molar refractivity (Wildman–Crippen MR) is 65.0 cm³/mol. The van der Waals surface area contributed by atoms with E-state index in [2.05, 4.69) is 0 Å². The van der Waals surface area contributed by atoms with Gasteiger partial charge < -0.3 is 15.4 Å². The Labute approximate surface area is 100 Å². The number of ether oxygens (including phenoxy) is 1. The van der Waals surface area contributed by atoms with E-state index in [4.69, 9.17) is 10.5 Å². The van der Waals surface area contributed by atoms with Crippen LogP contribution in [0.4, 0.5) is 5.69 Å². The van der Waals surface area contributed by atoms with Crippen LogP contribution in [0.2, 0.25) is 0 Å². The predicted octanol–water partition coefficient (Wildman–Crippen LogP) is 1.15. The fraction of sp³-hybridized carbons (Fsp3) is 0.462. The van der Waals surface area contributed by atoms with Gasteiger partial charge in [-0.25, -0.2) is 0 Å². The minimum Gasteiger partial charge on any atom is -0.478 e. The fourth-order valence-electron chi connectivity index (χ4n) is 2.43. The van der Waals surface area contributed by atoms with Crippen molar-refractivity contribution in [2.24, 2.45) is 11.1 Å². The zero-order valence-electron chi connectivity index (χ0n) is 9.85. The van der Waals surface area contributed by atoms with E-state index < -0.39 is 6.10 Å². The Morgan fingerprint density at radius 2 is 2.18 bits per heavy atom. The number of amides is 1. The summed E-state index contributed by atoms with van der Waals surface area (Å²) in [6.45, 7) is 0.513. The zero-order chi connectivity index (χ0) is 12.0. The van der Waals surface area contributed by atoms with Gasteiger partial charge in [0.25, 0.3) is 5.91 Å². The minimum absolute atomic E-state index is 0.0200. The largest absolute Gasteiger partial charge is 0.478 e. The number of carbonyl (C=O) groups excluding carboxylic acids is 1.